The molecule has 2 aromatic heterocycles. The molecule has 0 aliphatic rings. The Hall–Kier alpha value is -2.68. The maximum absolute atomic E-state index is 14.6. The zero-order chi connectivity index (χ0) is 26.5. The Morgan fingerprint density at radius 3 is 1.89 bits per heavy atom. The molecule has 0 fully saturated rings. The summed E-state index contributed by atoms with van der Waals surface area (Å²) < 4.78 is 53.2. The first-order valence-corrected chi connectivity index (χ1v) is 10.8. The number of rotatable bonds is 13. The summed E-state index contributed by atoms with van der Waals surface area (Å²) in [6, 6.07) is 0. The maximum Gasteiger partial charge on any atom is 0.519 e. The van der Waals surface area contributed by atoms with Crippen LogP contribution in [0.25, 0.3) is 0 Å². The minimum absolute atomic E-state index is 0.00550. The number of halogens is 2. The molecule has 12 nitrogen and oxygen atoms in total. The van der Waals surface area contributed by atoms with Gasteiger partial charge in [0.15, 0.2) is 17.1 Å². The second kappa shape index (κ2) is 11.8. The Labute approximate surface area is 199 Å². The third-order valence-electron chi connectivity index (χ3n) is 5.73. The molecule has 2 N–H and O–H groups in total. The quantitative estimate of drug-likeness (QED) is 0.293. The van der Waals surface area contributed by atoms with Crippen molar-refractivity contribution < 1.29 is 46.0 Å². The van der Waals surface area contributed by atoms with Gasteiger partial charge in [0.2, 0.25) is 0 Å². The fourth-order valence-corrected chi connectivity index (χ4v) is 3.80. The second-order valence-electron chi connectivity index (χ2n) is 8.05. The summed E-state index contributed by atoms with van der Waals surface area (Å²) in [5.41, 5.74) is -2.63. The van der Waals surface area contributed by atoms with Gasteiger partial charge in [-0.25, -0.2) is 23.2 Å². The SMILES string of the molecule is COC(=O)C(CCCN(Cc1oc(=O)oc1C)B(C)O)(C(F)F)N(Cc1oc(=O)oc1C)B(C)O. The van der Waals surface area contributed by atoms with Gasteiger partial charge in [-0.15, -0.1) is 0 Å². The fourth-order valence-electron chi connectivity index (χ4n) is 3.80. The summed E-state index contributed by atoms with van der Waals surface area (Å²) in [7, 11) is -1.71. The van der Waals surface area contributed by atoms with Crippen molar-refractivity contribution in [2.75, 3.05) is 13.7 Å². The molecule has 0 aliphatic heterocycles. The lowest BCUT2D eigenvalue weighted by atomic mass is 9.75. The number of esters is 1. The van der Waals surface area contributed by atoms with Crippen LogP contribution in [0.15, 0.2) is 27.3 Å². The Kier molecular flexibility index (Phi) is 9.66. The molecule has 35 heavy (non-hydrogen) atoms. The summed E-state index contributed by atoms with van der Waals surface area (Å²) in [6.45, 7) is 4.86. The summed E-state index contributed by atoms with van der Waals surface area (Å²) in [4.78, 5) is 37.6. The third-order valence-corrected chi connectivity index (χ3v) is 5.73. The van der Waals surface area contributed by atoms with Crippen molar-refractivity contribution in [3.8, 4) is 0 Å². The van der Waals surface area contributed by atoms with E-state index in [4.69, 9.17) is 17.7 Å². The first-order chi connectivity index (χ1) is 16.3. The van der Waals surface area contributed by atoms with E-state index in [9.17, 15) is 33.2 Å². The summed E-state index contributed by atoms with van der Waals surface area (Å²) in [6.07, 6.45) is -3.91. The molecule has 0 radical (unpaired) electrons. The number of hydrogen-bond acceptors (Lipinski definition) is 12. The van der Waals surface area contributed by atoms with E-state index in [-0.39, 0.29) is 42.6 Å². The predicted octanol–water partition coefficient (Wildman–Crippen LogP) is 0.878. The van der Waals surface area contributed by atoms with Crippen LogP contribution in [0.2, 0.25) is 13.6 Å². The molecular formula is C19H28B2F2N2O10. The largest absolute Gasteiger partial charge is 0.519 e. The van der Waals surface area contributed by atoms with Crippen LogP contribution in [0, 0.1) is 13.8 Å². The van der Waals surface area contributed by atoms with Crippen molar-refractivity contribution in [1.82, 2.24) is 9.62 Å². The van der Waals surface area contributed by atoms with E-state index in [1.54, 1.807) is 0 Å². The van der Waals surface area contributed by atoms with E-state index in [1.807, 2.05) is 0 Å². The van der Waals surface area contributed by atoms with E-state index in [2.05, 4.69) is 4.74 Å². The average molecular weight is 504 g/mol. The monoisotopic (exact) mass is 504 g/mol. The van der Waals surface area contributed by atoms with Gasteiger partial charge in [-0.2, -0.15) is 0 Å². The lowest BCUT2D eigenvalue weighted by Crippen LogP contribution is -2.64. The van der Waals surface area contributed by atoms with Crippen molar-refractivity contribution in [1.29, 1.82) is 0 Å². The van der Waals surface area contributed by atoms with Gasteiger partial charge >= 0.3 is 31.7 Å². The van der Waals surface area contributed by atoms with Crippen LogP contribution < -0.4 is 11.6 Å². The zero-order valence-corrected chi connectivity index (χ0v) is 20.1. The highest BCUT2D eigenvalue weighted by atomic mass is 19.3. The molecule has 0 saturated heterocycles. The molecule has 16 heteroatoms. The summed E-state index contributed by atoms with van der Waals surface area (Å²) >= 11 is 0. The van der Waals surface area contributed by atoms with Gasteiger partial charge in [0.1, 0.15) is 11.5 Å². The Bertz CT molecular complexity index is 1100. The molecule has 0 aromatic carbocycles. The average Bonchev–Trinajstić information content (AvgIpc) is 3.26. The molecule has 2 heterocycles. The number of carbonyl (C=O) groups excluding carboxylic acids is 1. The smallest absolute Gasteiger partial charge is 0.467 e. The predicted molar refractivity (Wildman–Crippen MR) is 118 cm³/mol. The summed E-state index contributed by atoms with van der Waals surface area (Å²) in [5, 5.41) is 20.5. The molecule has 1 atom stereocenters. The van der Waals surface area contributed by atoms with Crippen molar-refractivity contribution in [3.05, 3.63) is 44.3 Å². The molecule has 2 rings (SSSR count). The molecule has 194 valence electrons. The van der Waals surface area contributed by atoms with E-state index in [0.29, 0.717) is 0 Å². The normalized spacial score (nSPS) is 13.5. The van der Waals surface area contributed by atoms with Crippen LogP contribution >= 0.6 is 0 Å². The number of carbonyl (C=O) groups is 1. The Balaban J connectivity index is 2.33. The molecule has 0 aliphatic carbocycles. The molecule has 1 unspecified atom stereocenters. The van der Waals surface area contributed by atoms with Gasteiger partial charge in [-0.1, -0.05) is 0 Å². The van der Waals surface area contributed by atoms with E-state index >= 15 is 0 Å². The van der Waals surface area contributed by atoms with Crippen LogP contribution in [0.5, 0.6) is 0 Å². The molecule has 0 bridgehead atoms. The van der Waals surface area contributed by atoms with E-state index in [0.717, 1.165) is 11.9 Å². The lowest BCUT2D eigenvalue weighted by Gasteiger charge is -2.41. The fraction of sp³-hybridized carbons (Fsp3) is 0.632. The minimum Gasteiger partial charge on any atom is -0.467 e. The first-order valence-electron chi connectivity index (χ1n) is 10.8. The highest BCUT2D eigenvalue weighted by Gasteiger charge is 2.55. The van der Waals surface area contributed by atoms with Crippen LogP contribution in [0.1, 0.15) is 35.9 Å². The second-order valence-corrected chi connectivity index (χ2v) is 8.05. The van der Waals surface area contributed by atoms with E-state index < -0.39 is 56.6 Å². The molecule has 0 spiro atoms. The lowest BCUT2D eigenvalue weighted by molar-refractivity contribution is -0.165. The number of nitrogens with zero attached hydrogens (tertiary/aromatic N) is 2. The van der Waals surface area contributed by atoms with Crippen LogP contribution in [0.4, 0.5) is 8.78 Å². The topological polar surface area (TPSA) is 160 Å². The molecule has 0 amide bonds. The van der Waals surface area contributed by atoms with Gasteiger partial charge in [0.05, 0.1) is 20.2 Å². The zero-order valence-electron chi connectivity index (χ0n) is 20.1. The van der Waals surface area contributed by atoms with Crippen molar-refractivity contribution >= 4 is 20.1 Å². The van der Waals surface area contributed by atoms with E-state index in [1.165, 1.54) is 32.3 Å². The highest BCUT2D eigenvalue weighted by molar-refractivity contribution is 6.46. The van der Waals surface area contributed by atoms with Gasteiger partial charge in [0.25, 0.3) is 6.43 Å². The van der Waals surface area contributed by atoms with Gasteiger partial charge in [-0.3, -0.25) is 4.81 Å². The highest BCUT2D eigenvalue weighted by Crippen LogP contribution is 2.33. The number of alkyl halides is 2. The Morgan fingerprint density at radius 1 is 1.00 bits per heavy atom. The minimum atomic E-state index is -3.32. The first kappa shape index (κ1) is 28.6. The van der Waals surface area contributed by atoms with Gasteiger partial charge in [0, 0.05) is 0 Å². The number of methoxy groups -OCH3 is 1. The van der Waals surface area contributed by atoms with Gasteiger partial charge < -0.3 is 37.3 Å². The van der Waals surface area contributed by atoms with Crippen LogP contribution in [0.3, 0.4) is 0 Å². The third kappa shape index (κ3) is 6.51. The number of ether oxygens (including phenoxy) is 1. The summed E-state index contributed by atoms with van der Waals surface area (Å²) in [5.74, 6) is -3.06. The van der Waals surface area contributed by atoms with Crippen molar-refractivity contribution in [2.24, 2.45) is 0 Å². The number of hydrogen-bond donors (Lipinski definition) is 2. The van der Waals surface area contributed by atoms with Gasteiger partial charge in [-0.05, 0) is 46.9 Å². The number of aryl methyl sites for hydroxylation is 2. The molecule has 0 saturated carbocycles. The van der Waals surface area contributed by atoms with Crippen LogP contribution in [-0.4, -0.2) is 65.4 Å². The Morgan fingerprint density at radius 2 is 1.51 bits per heavy atom. The van der Waals surface area contributed by atoms with Crippen LogP contribution in [-0.2, 0) is 22.6 Å². The van der Waals surface area contributed by atoms with Crippen molar-refractivity contribution in [3.63, 3.8) is 0 Å². The standard InChI is InChI=1S/C19H28B2F2N2O10/c1-11-13(34-17(27)32-11)9-24(20(3)29)8-6-7-19(15(22)23,16(26)31-5)25(21(4)30)10-14-12(2)33-18(28)35-14/h15,29-30H,6-10H2,1-5H3. The maximum atomic E-state index is 14.6. The molecule has 2 aromatic rings. The van der Waals surface area contributed by atoms with Crippen molar-refractivity contribution in [2.45, 2.75) is 65.4 Å². The molecular weight excluding hydrogens is 476 g/mol.